The summed E-state index contributed by atoms with van der Waals surface area (Å²) >= 11 is 0. The number of Topliss-reactive ketones (excluding diaryl/α,β-unsaturated/α-hetero) is 1. The number of carboxylic acid groups (broad SMARTS) is 2. The molecule has 4 atom stereocenters. The SMILES string of the molecule is Nc1nc2c(c(=O)[nH]1)N(C=O)C(CCc1ccc(C(=O)CC(CCC(=O)O)C(=O)O)cc1)CN2.[NH-]C1CCCCC1[NH-].[Pt+2]. The number of aryl methyl sites for hydroxylation is 1. The Kier molecular flexibility index (Phi) is 14.0. The molecule has 1 aliphatic carbocycles. The number of aromatic amines is 1. The maximum Gasteiger partial charge on any atom is 2.00 e. The van der Waals surface area contributed by atoms with E-state index in [0.29, 0.717) is 31.4 Å². The van der Waals surface area contributed by atoms with E-state index in [-0.39, 0.29) is 81.7 Å². The Hall–Kier alpha value is -3.61. The molecular formula is C28H37N7O7Pt. The number of carboxylic acids is 2. The number of fused-ring (bicyclic) bond motifs is 1. The topological polar surface area (TPSA) is 243 Å². The second-order valence-corrected chi connectivity index (χ2v) is 10.5. The molecule has 1 aromatic heterocycles. The first-order chi connectivity index (χ1) is 20.0. The van der Waals surface area contributed by atoms with Gasteiger partial charge in [0.15, 0.2) is 17.3 Å². The predicted molar refractivity (Wildman–Crippen MR) is 156 cm³/mol. The molecule has 15 heteroatoms. The minimum absolute atomic E-state index is 0. The van der Waals surface area contributed by atoms with Gasteiger partial charge in [-0.25, -0.2) is 0 Å². The average molecular weight is 779 g/mol. The summed E-state index contributed by atoms with van der Waals surface area (Å²) in [5.74, 6) is -3.56. The van der Waals surface area contributed by atoms with Crippen LogP contribution in [-0.4, -0.2) is 69.0 Å². The normalized spacial score (nSPS) is 19.8. The van der Waals surface area contributed by atoms with Gasteiger partial charge in [-0.2, -0.15) is 17.1 Å². The fraction of sp³-hybridized carbons (Fsp3) is 0.500. The Bertz CT molecular complexity index is 1310. The third kappa shape index (κ3) is 10.3. The van der Waals surface area contributed by atoms with Crippen molar-refractivity contribution in [2.75, 3.05) is 22.5 Å². The largest absolute Gasteiger partial charge is 2.00 e. The van der Waals surface area contributed by atoms with Gasteiger partial charge >= 0.3 is 33.0 Å². The van der Waals surface area contributed by atoms with E-state index >= 15 is 0 Å². The Labute approximate surface area is 263 Å². The monoisotopic (exact) mass is 778 g/mol. The number of anilines is 3. The molecule has 0 bridgehead atoms. The first-order valence-corrected chi connectivity index (χ1v) is 13.9. The number of ketones is 1. The van der Waals surface area contributed by atoms with Crippen LogP contribution in [0, 0.1) is 5.92 Å². The number of aliphatic carboxylic acids is 2. The van der Waals surface area contributed by atoms with Crippen molar-refractivity contribution in [3.8, 4) is 0 Å². The van der Waals surface area contributed by atoms with Crippen molar-refractivity contribution in [3.63, 3.8) is 0 Å². The van der Waals surface area contributed by atoms with Crippen molar-refractivity contribution >= 4 is 41.6 Å². The summed E-state index contributed by atoms with van der Waals surface area (Å²) in [5.41, 5.74) is 20.9. The number of H-pyrrole nitrogens is 1. The van der Waals surface area contributed by atoms with Crippen LogP contribution in [0.15, 0.2) is 29.1 Å². The molecule has 1 amide bonds. The number of nitrogens with one attached hydrogen (secondary N) is 4. The van der Waals surface area contributed by atoms with E-state index in [1.807, 2.05) is 0 Å². The van der Waals surface area contributed by atoms with Gasteiger partial charge < -0.3 is 37.6 Å². The molecule has 43 heavy (non-hydrogen) atoms. The molecule has 0 saturated heterocycles. The number of carbonyl (C=O) groups excluding carboxylic acids is 2. The number of nitrogens with zero attached hydrogens (tertiary/aromatic N) is 2. The van der Waals surface area contributed by atoms with Crippen LogP contribution in [0.2, 0.25) is 0 Å². The van der Waals surface area contributed by atoms with Crippen LogP contribution in [0.4, 0.5) is 17.5 Å². The fourth-order valence-electron chi connectivity index (χ4n) is 5.00. The van der Waals surface area contributed by atoms with E-state index in [1.54, 1.807) is 24.3 Å². The molecule has 2 aliphatic rings. The molecule has 8 N–H and O–H groups in total. The number of benzene rings is 1. The van der Waals surface area contributed by atoms with E-state index in [2.05, 4.69) is 15.3 Å². The van der Waals surface area contributed by atoms with Crippen molar-refractivity contribution in [1.29, 1.82) is 0 Å². The zero-order valence-corrected chi connectivity index (χ0v) is 25.8. The average Bonchev–Trinajstić information content (AvgIpc) is 2.95. The fourth-order valence-corrected chi connectivity index (χ4v) is 5.00. The van der Waals surface area contributed by atoms with E-state index in [1.165, 1.54) is 17.7 Å². The number of carbonyl (C=O) groups is 4. The quantitative estimate of drug-likeness (QED) is 0.165. The first kappa shape index (κ1) is 35.6. The van der Waals surface area contributed by atoms with Gasteiger partial charge in [-0.3, -0.25) is 29.0 Å². The molecule has 1 aliphatic heterocycles. The number of amides is 1. The third-order valence-corrected chi connectivity index (χ3v) is 7.48. The van der Waals surface area contributed by atoms with Gasteiger partial charge in [0.1, 0.15) is 0 Å². The molecule has 236 valence electrons. The van der Waals surface area contributed by atoms with Gasteiger partial charge in [0.25, 0.3) is 5.56 Å². The van der Waals surface area contributed by atoms with Gasteiger partial charge in [0, 0.05) is 24.9 Å². The standard InChI is InChI=1S/C22H25N5O7.C6H12N2.Pt/c23-22-25-19-18(20(32)26-22)27(11-28)15(10-24-19)7-3-12-1-4-13(5-2-12)16(29)9-14(21(33)34)6-8-17(30)31;7-5-3-1-2-4-6(5)8;/h1-2,4-5,11,14-15H,3,6-10H2,(H,30,31)(H,33,34)(H4,23,24,25,26,32);5-8H,1-4H2;/q;-2;+2. The molecule has 0 spiro atoms. The molecular weight excluding hydrogens is 741 g/mol. The summed E-state index contributed by atoms with van der Waals surface area (Å²) in [4.78, 5) is 66.2. The predicted octanol–water partition coefficient (Wildman–Crippen LogP) is 3.28. The minimum Gasteiger partial charge on any atom is -0.676 e. The van der Waals surface area contributed by atoms with Gasteiger partial charge in [-0.15, -0.1) is 0 Å². The van der Waals surface area contributed by atoms with Gasteiger partial charge in [-0.05, 0) is 24.8 Å². The van der Waals surface area contributed by atoms with E-state index in [0.717, 1.165) is 18.4 Å². The van der Waals surface area contributed by atoms with Crippen molar-refractivity contribution in [1.82, 2.24) is 9.97 Å². The third-order valence-electron chi connectivity index (χ3n) is 7.48. The Balaban J connectivity index is 0.000000620. The van der Waals surface area contributed by atoms with Crippen molar-refractivity contribution in [2.24, 2.45) is 5.92 Å². The minimum atomic E-state index is -1.20. The molecule has 4 rings (SSSR count). The number of nitrogens with two attached hydrogens (primary N) is 1. The molecule has 1 fully saturated rings. The summed E-state index contributed by atoms with van der Waals surface area (Å²) in [6.45, 7) is 0.380. The zero-order chi connectivity index (χ0) is 30.8. The van der Waals surface area contributed by atoms with Gasteiger partial charge in [0.2, 0.25) is 12.4 Å². The Morgan fingerprint density at radius 3 is 2.28 bits per heavy atom. The molecule has 14 nitrogen and oxygen atoms in total. The number of hydrogen-bond acceptors (Lipinski definition) is 8. The number of nitrogen functional groups attached to an aromatic ring is 1. The van der Waals surface area contributed by atoms with Crippen molar-refractivity contribution in [3.05, 3.63) is 57.2 Å². The van der Waals surface area contributed by atoms with Crippen molar-refractivity contribution in [2.45, 2.75) is 75.9 Å². The van der Waals surface area contributed by atoms with Crippen LogP contribution in [0.1, 0.15) is 67.3 Å². The van der Waals surface area contributed by atoms with Gasteiger partial charge in [-0.1, -0.05) is 49.9 Å². The van der Waals surface area contributed by atoms with Gasteiger partial charge in [0.05, 0.1) is 12.0 Å². The molecule has 1 aromatic carbocycles. The van der Waals surface area contributed by atoms with E-state index in [9.17, 15) is 29.1 Å². The summed E-state index contributed by atoms with van der Waals surface area (Å²) in [7, 11) is 0. The summed E-state index contributed by atoms with van der Waals surface area (Å²) in [6.07, 6.45) is 5.19. The molecule has 1 saturated carbocycles. The van der Waals surface area contributed by atoms with Crippen LogP contribution >= 0.6 is 0 Å². The second kappa shape index (κ2) is 16.9. The molecule has 0 radical (unpaired) electrons. The molecule has 2 heterocycles. The van der Waals surface area contributed by atoms with Crippen LogP contribution < -0.4 is 21.5 Å². The first-order valence-electron chi connectivity index (χ1n) is 13.9. The smallest absolute Gasteiger partial charge is 0.676 e. The van der Waals surface area contributed by atoms with Crippen LogP contribution in [-0.2, 0) is 41.9 Å². The molecule has 4 unspecified atom stereocenters. The molecule has 2 aromatic rings. The second-order valence-electron chi connectivity index (χ2n) is 10.5. The number of aromatic nitrogens is 2. The number of rotatable bonds is 11. The number of hydrogen-bond donors (Lipinski definition) is 5. The maximum absolute atomic E-state index is 12.5. The summed E-state index contributed by atoms with van der Waals surface area (Å²) in [5, 5.41) is 21.0. The van der Waals surface area contributed by atoms with Crippen LogP contribution in [0.25, 0.3) is 11.5 Å². The van der Waals surface area contributed by atoms with Crippen LogP contribution in [0.5, 0.6) is 0 Å². The zero-order valence-electron chi connectivity index (χ0n) is 23.5. The van der Waals surface area contributed by atoms with E-state index in [4.69, 9.17) is 22.3 Å². The Morgan fingerprint density at radius 2 is 1.74 bits per heavy atom. The Morgan fingerprint density at radius 1 is 1.12 bits per heavy atom. The van der Waals surface area contributed by atoms with E-state index < -0.39 is 23.4 Å². The summed E-state index contributed by atoms with van der Waals surface area (Å²) < 4.78 is 0. The summed E-state index contributed by atoms with van der Waals surface area (Å²) in [6, 6.07) is 6.21. The maximum atomic E-state index is 12.5. The van der Waals surface area contributed by atoms with Crippen LogP contribution in [0.3, 0.4) is 0 Å². The van der Waals surface area contributed by atoms with Crippen molar-refractivity contribution < 1.29 is 50.5 Å².